The number of phenolic OH excluding ortho intramolecular Hbond substituents is 1. The van der Waals surface area contributed by atoms with E-state index in [1.54, 1.807) is 79.7 Å². The van der Waals surface area contributed by atoms with E-state index < -0.39 is 88.3 Å². The van der Waals surface area contributed by atoms with E-state index in [2.05, 4.69) is 26.2 Å². The van der Waals surface area contributed by atoms with E-state index in [1.165, 1.54) is 6.07 Å². The molecule has 24 nitrogen and oxygen atoms in total. The first-order valence-electron chi connectivity index (χ1n) is 22.9. The number of hydrogen-bond acceptors (Lipinski definition) is 17. The zero-order valence-electron chi connectivity index (χ0n) is 40.9. The predicted molar refractivity (Wildman–Crippen MR) is 268 cm³/mol. The van der Waals surface area contributed by atoms with Crippen LogP contribution in [-0.4, -0.2) is 163 Å². The molecule has 1 heterocycles. The van der Waals surface area contributed by atoms with Gasteiger partial charge in [-0.1, -0.05) is 18.2 Å². The first-order valence-corrected chi connectivity index (χ1v) is 25.8. The summed E-state index contributed by atoms with van der Waals surface area (Å²) in [6.07, 6.45) is 0.491. The minimum atomic E-state index is -5.10. The SMILES string of the molecule is Cc1cc(-c2ccc(NC(=O)[C@@H](CCCCNC(=O)OC(C)(C)C)NC(=O)CN3CCN(CC(=O)O)CCN(CC(=O)O)CC3)c(C)c2)ccc1/N=N/c1ccc2c(S(=O)(=O)O)cc(S(=O)(=O)O)c(N)c2c1O. The third-order valence-electron chi connectivity index (χ3n) is 11.6. The number of carbonyl (C=O) groups is 5. The molecule has 0 saturated carbocycles. The lowest BCUT2D eigenvalue weighted by molar-refractivity contribution is -0.140. The summed E-state index contributed by atoms with van der Waals surface area (Å²) < 4.78 is 73.0. The standard InChI is InChI=1S/C47H61N9O15S2/c1-28-22-30(31-10-13-34(29(2)23-31)52-53-35-14-11-32-37(72(65,66)67)24-38(73(68,69)70)43(48)42(32)44(35)62)9-12-33(28)51-45(63)36(8-6-7-15-49-46(64)71-47(3,4)5)50-39(57)25-54-16-18-55(26-40(58)59)20-21-56(19-17-54)27-41(60)61/h9-14,22-24,36,62H,6-8,15-21,25-27,48H2,1-5H3,(H,49,64)(H,50,57)(H,51,63)(H,58,59)(H,60,61)(H,65,66,67)(H,68,69,70)/b53-52+/t36-/m1/s1. The van der Waals surface area contributed by atoms with Crippen LogP contribution in [0.5, 0.6) is 5.75 Å². The summed E-state index contributed by atoms with van der Waals surface area (Å²) in [5, 5.41) is 45.9. The van der Waals surface area contributed by atoms with E-state index in [4.69, 9.17) is 10.5 Å². The van der Waals surface area contributed by atoms with Crippen LogP contribution < -0.4 is 21.7 Å². The van der Waals surface area contributed by atoms with Gasteiger partial charge in [0.05, 0.1) is 36.4 Å². The van der Waals surface area contributed by atoms with E-state index >= 15 is 0 Å². The predicted octanol–water partition coefficient (Wildman–Crippen LogP) is 4.53. The molecule has 26 heteroatoms. The van der Waals surface area contributed by atoms with Gasteiger partial charge in [0, 0.05) is 56.9 Å². The zero-order valence-corrected chi connectivity index (χ0v) is 42.5. The number of aryl methyl sites for hydroxylation is 2. The van der Waals surface area contributed by atoms with Gasteiger partial charge in [-0.15, -0.1) is 5.11 Å². The van der Waals surface area contributed by atoms with E-state index in [0.29, 0.717) is 80.7 Å². The summed E-state index contributed by atoms with van der Waals surface area (Å²) in [7, 11) is -10.2. The van der Waals surface area contributed by atoms with Gasteiger partial charge in [0.2, 0.25) is 11.8 Å². The summed E-state index contributed by atoms with van der Waals surface area (Å²) >= 11 is 0. The van der Waals surface area contributed by atoms with Crippen molar-refractivity contribution in [2.24, 2.45) is 10.2 Å². The number of benzene rings is 4. The lowest BCUT2D eigenvalue weighted by atomic mass is 10.00. The van der Waals surface area contributed by atoms with Gasteiger partial charge >= 0.3 is 18.0 Å². The molecule has 1 aliphatic rings. The number of anilines is 2. The number of fused-ring (bicyclic) bond motifs is 1. The Morgan fingerprint density at radius 3 is 1.77 bits per heavy atom. The van der Waals surface area contributed by atoms with Crippen LogP contribution >= 0.6 is 0 Å². The van der Waals surface area contributed by atoms with E-state index in [0.717, 1.165) is 17.2 Å². The molecule has 1 atom stereocenters. The molecule has 0 spiro atoms. The van der Waals surface area contributed by atoms with Crippen molar-refractivity contribution < 1.29 is 70.0 Å². The summed E-state index contributed by atoms with van der Waals surface area (Å²) in [5.74, 6) is -3.83. The fourth-order valence-electron chi connectivity index (χ4n) is 7.95. The Bertz CT molecular complexity index is 2970. The van der Waals surface area contributed by atoms with Gasteiger partial charge in [-0.25, -0.2) is 4.79 Å². The van der Waals surface area contributed by atoms with Gasteiger partial charge in [0.1, 0.15) is 27.1 Å². The number of azo groups is 1. The third kappa shape index (κ3) is 16.6. The second-order valence-corrected chi connectivity index (χ2v) is 21.3. The van der Waals surface area contributed by atoms with Crippen molar-refractivity contribution in [1.29, 1.82) is 0 Å². The first kappa shape index (κ1) is 57.1. The Morgan fingerprint density at radius 2 is 1.25 bits per heavy atom. The number of amides is 3. The second-order valence-electron chi connectivity index (χ2n) is 18.5. The topological polar surface area (TPSA) is 361 Å². The minimum absolute atomic E-state index is 0.152. The number of ether oxygens (including phenoxy) is 1. The van der Waals surface area contributed by atoms with Crippen molar-refractivity contribution in [1.82, 2.24) is 25.3 Å². The second kappa shape index (κ2) is 24.3. The number of hydrogen-bond donors (Lipinski definition) is 9. The van der Waals surface area contributed by atoms with Crippen molar-refractivity contribution >= 4 is 83.6 Å². The monoisotopic (exact) mass is 1060 g/mol. The summed E-state index contributed by atoms with van der Waals surface area (Å²) in [6.45, 7) is 10.2. The van der Waals surface area contributed by atoms with Crippen molar-refractivity contribution in [3.8, 4) is 16.9 Å². The van der Waals surface area contributed by atoms with Crippen LogP contribution in [0.15, 0.2) is 74.6 Å². The molecule has 4 aromatic rings. The fraction of sp³-hybridized carbons (Fsp3) is 0.426. The molecule has 4 aromatic carbocycles. The lowest BCUT2D eigenvalue weighted by Gasteiger charge is -2.26. The summed E-state index contributed by atoms with van der Waals surface area (Å²) in [6, 6.07) is 12.3. The molecule has 0 bridgehead atoms. The zero-order chi connectivity index (χ0) is 54.0. The van der Waals surface area contributed by atoms with Crippen LogP contribution in [0.4, 0.5) is 27.5 Å². The van der Waals surface area contributed by atoms with Crippen molar-refractivity contribution in [3.05, 3.63) is 65.7 Å². The van der Waals surface area contributed by atoms with Gasteiger partial charge in [-0.05, 0) is 113 Å². The highest BCUT2D eigenvalue weighted by atomic mass is 32.2. The van der Waals surface area contributed by atoms with Crippen molar-refractivity contribution in [2.45, 2.75) is 75.3 Å². The summed E-state index contributed by atoms with van der Waals surface area (Å²) in [5.41, 5.74) is 7.93. The van der Waals surface area contributed by atoms with Crippen LogP contribution in [0.3, 0.4) is 0 Å². The van der Waals surface area contributed by atoms with Crippen molar-refractivity contribution in [3.63, 3.8) is 0 Å². The molecule has 396 valence electrons. The normalized spacial score (nSPS) is 15.0. The van der Waals surface area contributed by atoms with E-state index in [-0.39, 0.29) is 43.7 Å². The number of unbranched alkanes of at least 4 members (excludes halogenated alkanes) is 1. The van der Waals surface area contributed by atoms with Gasteiger partial charge in [-0.2, -0.15) is 21.9 Å². The average molecular weight is 1060 g/mol. The fourth-order valence-corrected chi connectivity index (χ4v) is 9.39. The number of rotatable bonds is 19. The van der Waals surface area contributed by atoms with Gasteiger partial charge in [-0.3, -0.25) is 43.0 Å². The number of phenols is 1. The highest BCUT2D eigenvalue weighted by Crippen LogP contribution is 2.44. The number of nitrogen functional groups attached to an aromatic ring is 1. The minimum Gasteiger partial charge on any atom is -0.505 e. The number of aromatic hydroxyl groups is 1. The van der Waals surface area contributed by atoms with Crippen LogP contribution in [0.1, 0.15) is 51.2 Å². The number of nitrogens with one attached hydrogen (secondary N) is 3. The summed E-state index contributed by atoms with van der Waals surface area (Å²) in [4.78, 5) is 66.1. The molecule has 5 rings (SSSR count). The Kier molecular flexibility index (Phi) is 19.0. The Morgan fingerprint density at radius 1 is 0.726 bits per heavy atom. The lowest BCUT2D eigenvalue weighted by Crippen LogP contribution is -2.49. The number of carbonyl (C=O) groups excluding carboxylic acids is 3. The van der Waals surface area contributed by atoms with Gasteiger partial charge in [0.25, 0.3) is 20.2 Å². The average Bonchev–Trinajstić information content (AvgIpc) is 3.35. The third-order valence-corrected chi connectivity index (χ3v) is 13.4. The van der Waals surface area contributed by atoms with Crippen LogP contribution in [0.2, 0.25) is 0 Å². The quantitative estimate of drug-likeness (QED) is 0.0269. The molecule has 3 amide bonds. The maximum absolute atomic E-state index is 14.0. The maximum atomic E-state index is 14.0. The van der Waals surface area contributed by atoms with Gasteiger partial charge in [0.15, 0.2) is 5.75 Å². The van der Waals surface area contributed by atoms with Crippen LogP contribution in [-0.2, 0) is 44.2 Å². The highest BCUT2D eigenvalue weighted by Gasteiger charge is 2.28. The number of alkyl carbamates (subject to hydrolysis) is 1. The number of nitrogens with two attached hydrogens (primary N) is 1. The molecule has 1 aliphatic heterocycles. The van der Waals surface area contributed by atoms with Crippen molar-refractivity contribution in [2.75, 3.05) is 76.5 Å². The molecule has 10 N–H and O–H groups in total. The molecule has 1 saturated heterocycles. The molecular formula is C47H61N9O15S2. The number of carboxylic acids is 2. The number of nitrogens with zero attached hydrogens (tertiary/aromatic N) is 5. The molecule has 1 fully saturated rings. The maximum Gasteiger partial charge on any atom is 0.407 e. The molecule has 73 heavy (non-hydrogen) atoms. The highest BCUT2D eigenvalue weighted by molar-refractivity contribution is 7.87. The number of aliphatic carboxylic acids is 2. The molecular weight excluding hydrogens is 995 g/mol. The molecule has 0 aliphatic carbocycles. The first-order chi connectivity index (χ1) is 34.1. The molecule has 0 radical (unpaired) electrons. The Balaban J connectivity index is 1.32. The smallest absolute Gasteiger partial charge is 0.407 e. The Labute approximate surface area is 422 Å². The van der Waals surface area contributed by atoms with Crippen LogP contribution in [0.25, 0.3) is 21.9 Å². The number of carboxylic acid groups (broad SMARTS) is 2. The van der Waals surface area contributed by atoms with Crippen LogP contribution in [0, 0.1) is 13.8 Å². The van der Waals surface area contributed by atoms with E-state index in [1.807, 2.05) is 6.07 Å². The largest absolute Gasteiger partial charge is 0.505 e. The Hall–Kier alpha value is -6.81. The molecule has 0 unspecified atom stereocenters. The van der Waals surface area contributed by atoms with E-state index in [9.17, 15) is 65.2 Å². The molecule has 0 aromatic heterocycles. The van der Waals surface area contributed by atoms with Gasteiger partial charge < -0.3 is 41.7 Å².